The van der Waals surface area contributed by atoms with Crippen LogP contribution in [-0.2, 0) is 10.8 Å². The Kier molecular flexibility index (Phi) is 5.33. The highest BCUT2D eigenvalue weighted by molar-refractivity contribution is 6.10. The monoisotopic (exact) mass is 543 g/mol. The lowest BCUT2D eigenvalue weighted by Crippen LogP contribution is -2.24. The van der Waals surface area contributed by atoms with E-state index in [-0.39, 0.29) is 10.8 Å². The predicted molar refractivity (Wildman–Crippen MR) is 178 cm³/mol. The molecule has 0 amide bonds. The molecule has 0 aromatic heterocycles. The maximum Gasteiger partial charge on any atom is 0.0543 e. The lowest BCUT2D eigenvalue weighted by atomic mass is 9.74. The van der Waals surface area contributed by atoms with E-state index in [0.717, 1.165) is 0 Å². The van der Waals surface area contributed by atoms with Crippen LogP contribution in [0.25, 0.3) is 21.9 Å². The molecule has 0 bridgehead atoms. The van der Waals surface area contributed by atoms with Crippen molar-refractivity contribution in [3.05, 3.63) is 149 Å². The highest BCUT2D eigenvalue weighted by Gasteiger charge is 2.47. The van der Waals surface area contributed by atoms with Crippen LogP contribution in [0.5, 0.6) is 0 Å². The summed E-state index contributed by atoms with van der Waals surface area (Å²) >= 11 is 0. The molecule has 2 unspecified atom stereocenters. The molecule has 2 atom stereocenters. The number of aryl methyl sites for hydroxylation is 1. The number of benzene rings is 5. The van der Waals surface area contributed by atoms with Gasteiger partial charge in [0.1, 0.15) is 0 Å². The van der Waals surface area contributed by atoms with Crippen LogP contribution in [0.3, 0.4) is 0 Å². The summed E-state index contributed by atoms with van der Waals surface area (Å²) in [6.07, 6.45) is 9.33. The quantitative estimate of drug-likeness (QED) is 0.219. The average molecular weight is 544 g/mol. The molecule has 1 nitrogen and oxygen atoms in total. The fourth-order valence-corrected chi connectivity index (χ4v) is 8.19. The molecule has 206 valence electrons. The largest absolute Gasteiger partial charge is 0.310 e. The van der Waals surface area contributed by atoms with Crippen molar-refractivity contribution in [2.45, 2.75) is 51.4 Å². The Balaban J connectivity index is 1.42. The van der Waals surface area contributed by atoms with E-state index in [1.807, 2.05) is 0 Å². The minimum atomic E-state index is -0.121. The summed E-state index contributed by atoms with van der Waals surface area (Å²) in [5.41, 5.74) is 13.5. The first-order chi connectivity index (χ1) is 20.3. The maximum atomic E-state index is 2.57. The second-order valence-electron chi connectivity index (χ2n) is 13.5. The van der Waals surface area contributed by atoms with E-state index in [4.69, 9.17) is 0 Å². The van der Waals surface area contributed by atoms with Crippen molar-refractivity contribution < 1.29 is 0 Å². The van der Waals surface area contributed by atoms with Gasteiger partial charge in [0.15, 0.2) is 0 Å². The van der Waals surface area contributed by atoms with E-state index < -0.39 is 0 Å². The Morgan fingerprint density at radius 2 is 1.33 bits per heavy atom. The predicted octanol–water partition coefficient (Wildman–Crippen LogP) is 11.0. The van der Waals surface area contributed by atoms with Crippen LogP contribution in [0.4, 0.5) is 17.1 Å². The summed E-state index contributed by atoms with van der Waals surface area (Å²) < 4.78 is 0. The van der Waals surface area contributed by atoms with Gasteiger partial charge in [-0.05, 0) is 99.0 Å². The molecule has 3 aliphatic rings. The van der Waals surface area contributed by atoms with Gasteiger partial charge < -0.3 is 4.90 Å². The van der Waals surface area contributed by atoms with Gasteiger partial charge in [0.2, 0.25) is 0 Å². The first-order valence-electron chi connectivity index (χ1n) is 15.3. The van der Waals surface area contributed by atoms with Gasteiger partial charge in [-0.15, -0.1) is 0 Å². The number of hydrogen-bond donors (Lipinski definition) is 0. The summed E-state index contributed by atoms with van der Waals surface area (Å²) in [6, 6.07) is 36.4. The van der Waals surface area contributed by atoms with E-state index in [0.29, 0.717) is 11.8 Å². The molecule has 42 heavy (non-hydrogen) atoms. The van der Waals surface area contributed by atoms with Crippen molar-refractivity contribution in [2.75, 3.05) is 4.90 Å². The van der Waals surface area contributed by atoms with Crippen molar-refractivity contribution in [1.82, 2.24) is 0 Å². The second-order valence-corrected chi connectivity index (χ2v) is 13.5. The fourth-order valence-electron chi connectivity index (χ4n) is 8.19. The molecule has 0 N–H and O–H groups in total. The summed E-state index contributed by atoms with van der Waals surface area (Å²) in [6.45, 7) is 11.9. The number of hydrogen-bond acceptors (Lipinski definition) is 1. The molecule has 0 aliphatic heterocycles. The zero-order valence-electron chi connectivity index (χ0n) is 25.1. The molecule has 0 spiro atoms. The number of allylic oxidation sites excluding steroid dienone is 4. The molecule has 5 aromatic carbocycles. The Morgan fingerprint density at radius 1 is 0.619 bits per heavy atom. The Hall–Kier alpha value is -4.36. The van der Waals surface area contributed by atoms with Crippen molar-refractivity contribution >= 4 is 27.8 Å². The number of para-hydroxylation sites is 1. The number of rotatable bonds is 3. The van der Waals surface area contributed by atoms with Gasteiger partial charge in [0.05, 0.1) is 5.69 Å². The van der Waals surface area contributed by atoms with Crippen molar-refractivity contribution in [1.29, 1.82) is 0 Å². The molecular weight excluding hydrogens is 506 g/mol. The topological polar surface area (TPSA) is 3.24 Å². The Morgan fingerprint density at radius 3 is 2.12 bits per heavy atom. The van der Waals surface area contributed by atoms with E-state index in [1.165, 1.54) is 66.8 Å². The Bertz CT molecular complexity index is 1950. The minimum absolute atomic E-state index is 0.0915. The summed E-state index contributed by atoms with van der Waals surface area (Å²) in [5.74, 6) is 0.961. The molecular formula is C41H37N. The molecule has 5 aromatic rings. The fraction of sp³-hybridized carbons (Fsp3) is 0.220. The number of fused-ring (bicyclic) bond motifs is 8. The van der Waals surface area contributed by atoms with Crippen molar-refractivity contribution in [3.63, 3.8) is 0 Å². The third kappa shape index (κ3) is 3.43. The van der Waals surface area contributed by atoms with Gasteiger partial charge in [-0.1, -0.05) is 113 Å². The third-order valence-electron chi connectivity index (χ3n) is 10.4. The number of anilines is 3. The standard InChI is InChI=1S/C41H37N/c1-26-14-13-17-28(22-26)42(27-15-7-6-8-16-27)38-25-37-39(31-20-10-9-19-30(31)38)33-24-35-32(23-36(33)41(37,4)5)29-18-11-12-21-34(29)40(35,2)3/h6-25,29,34H,1-5H3. The number of nitrogens with zero attached hydrogens (tertiary/aromatic N) is 1. The highest BCUT2D eigenvalue weighted by Crippen LogP contribution is 2.59. The zero-order chi connectivity index (χ0) is 28.8. The lowest BCUT2D eigenvalue weighted by Gasteiger charge is -2.30. The van der Waals surface area contributed by atoms with Gasteiger partial charge in [0.25, 0.3) is 0 Å². The molecule has 0 radical (unpaired) electrons. The minimum Gasteiger partial charge on any atom is -0.310 e. The summed E-state index contributed by atoms with van der Waals surface area (Å²) in [7, 11) is 0. The maximum absolute atomic E-state index is 2.57. The first-order valence-corrected chi connectivity index (χ1v) is 15.3. The molecule has 3 aliphatic carbocycles. The van der Waals surface area contributed by atoms with E-state index in [1.54, 1.807) is 0 Å². The van der Waals surface area contributed by atoms with Crippen molar-refractivity contribution in [3.8, 4) is 11.1 Å². The molecule has 0 saturated carbocycles. The Labute approximate surface area is 249 Å². The first kappa shape index (κ1) is 25.4. The average Bonchev–Trinajstić information content (AvgIpc) is 3.36. The summed E-state index contributed by atoms with van der Waals surface area (Å²) in [5, 5.41) is 2.61. The van der Waals surface area contributed by atoms with Gasteiger partial charge in [-0.3, -0.25) is 0 Å². The van der Waals surface area contributed by atoms with Gasteiger partial charge >= 0.3 is 0 Å². The van der Waals surface area contributed by atoms with Gasteiger partial charge in [-0.2, -0.15) is 0 Å². The van der Waals surface area contributed by atoms with Crippen molar-refractivity contribution in [2.24, 2.45) is 5.92 Å². The third-order valence-corrected chi connectivity index (χ3v) is 10.4. The SMILES string of the molecule is Cc1cccc(N(c2ccccc2)c2cc3c(c4ccccc24)-c2cc4c(cc2C3(C)C)C2C=CC=CC2C4(C)C)c1. The van der Waals surface area contributed by atoms with E-state index in [2.05, 4.69) is 161 Å². The van der Waals surface area contributed by atoms with Gasteiger partial charge in [0, 0.05) is 28.1 Å². The summed E-state index contributed by atoms with van der Waals surface area (Å²) in [4.78, 5) is 2.45. The van der Waals surface area contributed by atoms with Crippen LogP contribution in [0.2, 0.25) is 0 Å². The van der Waals surface area contributed by atoms with E-state index >= 15 is 0 Å². The van der Waals surface area contributed by atoms with Gasteiger partial charge in [-0.25, -0.2) is 0 Å². The van der Waals surface area contributed by atoms with Crippen LogP contribution in [-0.4, -0.2) is 0 Å². The lowest BCUT2D eigenvalue weighted by molar-refractivity contribution is 0.394. The second kappa shape index (κ2) is 8.82. The molecule has 0 saturated heterocycles. The molecule has 8 rings (SSSR count). The molecule has 1 heteroatoms. The van der Waals surface area contributed by atoms with E-state index in [9.17, 15) is 0 Å². The zero-order valence-corrected chi connectivity index (χ0v) is 25.1. The normalized spacial score (nSPS) is 20.2. The van der Waals surface area contributed by atoms with Crippen LogP contribution in [0.15, 0.2) is 121 Å². The highest BCUT2D eigenvalue weighted by atomic mass is 15.1. The molecule has 0 fully saturated rings. The smallest absolute Gasteiger partial charge is 0.0543 e. The van der Waals surface area contributed by atoms with Crippen LogP contribution in [0, 0.1) is 12.8 Å². The molecule has 0 heterocycles. The van der Waals surface area contributed by atoms with Crippen LogP contribution in [0.1, 0.15) is 61.4 Å². The van der Waals surface area contributed by atoms with Crippen LogP contribution < -0.4 is 4.90 Å². The van der Waals surface area contributed by atoms with Crippen LogP contribution >= 0.6 is 0 Å².